The van der Waals surface area contributed by atoms with Gasteiger partial charge in [-0.05, 0) is 49.5 Å². The first-order valence-electron chi connectivity index (χ1n) is 13.2. The molecule has 0 saturated carbocycles. The minimum Gasteiger partial charge on any atom is -0.454 e. The van der Waals surface area contributed by atoms with Crippen molar-refractivity contribution in [2.75, 3.05) is 32.7 Å². The van der Waals surface area contributed by atoms with E-state index in [1.807, 2.05) is 59.5 Å². The minimum atomic E-state index is -0.0562. The van der Waals surface area contributed by atoms with Gasteiger partial charge in [-0.15, -0.1) is 0 Å². The average molecular weight is 495 g/mol. The summed E-state index contributed by atoms with van der Waals surface area (Å²) in [6.45, 7) is 5.22. The van der Waals surface area contributed by atoms with Crippen LogP contribution in [0.5, 0.6) is 0 Å². The van der Waals surface area contributed by atoms with Crippen LogP contribution in [0.15, 0.2) is 65.1 Å². The topological polar surface area (TPSA) is 81.6 Å². The highest BCUT2D eigenvalue weighted by Gasteiger charge is 2.43. The van der Waals surface area contributed by atoms with Crippen LogP contribution in [0.4, 0.5) is 0 Å². The van der Waals surface area contributed by atoms with Crippen molar-refractivity contribution in [3.63, 3.8) is 0 Å². The standard InChI is InChI=1S/C30H30N4O3/c35-28(31-18-30-10-13-33(19-30)14-11-30)23-8-4-7-21-17-34(12-9-22(21)23)29(36)25-16-27-24(32-25)15-26(37-27)20-5-2-1-3-6-20/h1-8,15-16,32H,9-14,17-19H2,(H,31,35). The second kappa shape index (κ2) is 8.63. The molecule has 7 heteroatoms. The number of hydrogen-bond donors (Lipinski definition) is 2. The molecule has 37 heavy (non-hydrogen) atoms. The fourth-order valence-electron chi connectivity index (χ4n) is 6.36. The van der Waals surface area contributed by atoms with Gasteiger partial charge in [0, 0.05) is 54.9 Å². The molecule has 4 aromatic rings. The average Bonchev–Trinajstić information content (AvgIpc) is 3.72. The van der Waals surface area contributed by atoms with E-state index in [2.05, 4.69) is 15.2 Å². The highest BCUT2D eigenvalue weighted by molar-refractivity contribution is 5.98. The molecule has 7 nitrogen and oxygen atoms in total. The minimum absolute atomic E-state index is 0.00954. The van der Waals surface area contributed by atoms with Crippen LogP contribution < -0.4 is 5.32 Å². The largest absolute Gasteiger partial charge is 0.454 e. The maximum atomic E-state index is 13.3. The molecule has 2 fully saturated rings. The maximum Gasteiger partial charge on any atom is 0.270 e. The van der Waals surface area contributed by atoms with Gasteiger partial charge in [0.25, 0.3) is 11.8 Å². The molecule has 3 aliphatic heterocycles. The lowest BCUT2D eigenvalue weighted by atomic mass is 9.84. The molecule has 0 atom stereocenters. The lowest BCUT2D eigenvalue weighted by Crippen LogP contribution is -2.39. The normalized spacial score (nSPS) is 22.4. The fourth-order valence-corrected chi connectivity index (χ4v) is 6.36. The number of aromatic amines is 1. The first-order valence-corrected chi connectivity index (χ1v) is 13.2. The summed E-state index contributed by atoms with van der Waals surface area (Å²) in [6, 6.07) is 19.5. The molecule has 2 amide bonds. The van der Waals surface area contributed by atoms with Gasteiger partial charge in [0.2, 0.25) is 0 Å². The van der Waals surface area contributed by atoms with Crippen LogP contribution >= 0.6 is 0 Å². The highest BCUT2D eigenvalue weighted by Crippen LogP contribution is 2.39. The van der Waals surface area contributed by atoms with E-state index in [1.54, 1.807) is 6.07 Å². The van der Waals surface area contributed by atoms with Crippen LogP contribution in [0.2, 0.25) is 0 Å². The van der Waals surface area contributed by atoms with Gasteiger partial charge in [-0.1, -0.05) is 42.5 Å². The number of fused-ring (bicyclic) bond motifs is 4. The van der Waals surface area contributed by atoms with E-state index in [-0.39, 0.29) is 17.2 Å². The van der Waals surface area contributed by atoms with E-state index in [0.29, 0.717) is 30.8 Å². The molecule has 0 spiro atoms. The number of carbonyl (C=O) groups excluding carboxylic acids is 2. The first kappa shape index (κ1) is 22.4. The van der Waals surface area contributed by atoms with E-state index < -0.39 is 0 Å². The van der Waals surface area contributed by atoms with Crippen LogP contribution in [-0.4, -0.2) is 59.3 Å². The van der Waals surface area contributed by atoms with E-state index in [0.717, 1.165) is 59.7 Å². The summed E-state index contributed by atoms with van der Waals surface area (Å²) < 4.78 is 6.00. The van der Waals surface area contributed by atoms with Crippen molar-refractivity contribution in [1.29, 1.82) is 0 Å². The van der Waals surface area contributed by atoms with Gasteiger partial charge in [-0.2, -0.15) is 0 Å². The number of nitrogens with zero attached hydrogens (tertiary/aromatic N) is 2. The molecule has 0 aliphatic carbocycles. The number of H-pyrrole nitrogens is 1. The number of rotatable bonds is 5. The highest BCUT2D eigenvalue weighted by atomic mass is 16.3. The lowest BCUT2D eigenvalue weighted by Gasteiger charge is -2.30. The van der Waals surface area contributed by atoms with Crippen molar-refractivity contribution in [2.24, 2.45) is 5.41 Å². The third-order valence-electron chi connectivity index (χ3n) is 8.49. The Balaban J connectivity index is 1.05. The number of benzene rings is 2. The Labute approximate surface area is 215 Å². The molecule has 188 valence electrons. The van der Waals surface area contributed by atoms with Gasteiger partial charge < -0.3 is 24.5 Å². The number of furan rings is 1. The number of hydrogen-bond acceptors (Lipinski definition) is 4. The van der Waals surface area contributed by atoms with Crippen molar-refractivity contribution in [1.82, 2.24) is 20.1 Å². The molecule has 0 radical (unpaired) electrons. The Kier molecular flexibility index (Phi) is 5.22. The van der Waals surface area contributed by atoms with Gasteiger partial charge in [0.15, 0.2) is 5.58 Å². The monoisotopic (exact) mass is 494 g/mol. The summed E-state index contributed by atoms with van der Waals surface area (Å²) in [5.74, 6) is 0.728. The second-order valence-electron chi connectivity index (χ2n) is 10.8. The van der Waals surface area contributed by atoms with E-state index >= 15 is 0 Å². The van der Waals surface area contributed by atoms with Gasteiger partial charge >= 0.3 is 0 Å². The van der Waals surface area contributed by atoms with Gasteiger partial charge in [-0.25, -0.2) is 0 Å². The summed E-state index contributed by atoms with van der Waals surface area (Å²) >= 11 is 0. The van der Waals surface area contributed by atoms with Crippen LogP contribution in [0, 0.1) is 5.41 Å². The molecule has 0 unspecified atom stereocenters. The smallest absolute Gasteiger partial charge is 0.270 e. The molecule has 2 aromatic heterocycles. The molecule has 2 saturated heterocycles. The predicted molar refractivity (Wildman–Crippen MR) is 141 cm³/mol. The Morgan fingerprint density at radius 3 is 2.59 bits per heavy atom. The zero-order valence-electron chi connectivity index (χ0n) is 20.8. The van der Waals surface area contributed by atoms with Gasteiger partial charge in [0.1, 0.15) is 11.5 Å². The third kappa shape index (κ3) is 3.94. The van der Waals surface area contributed by atoms with Crippen LogP contribution in [0.1, 0.15) is 44.8 Å². The van der Waals surface area contributed by atoms with E-state index in [9.17, 15) is 9.59 Å². The zero-order valence-corrected chi connectivity index (χ0v) is 20.8. The number of carbonyl (C=O) groups is 2. The second-order valence-corrected chi connectivity index (χ2v) is 10.8. The first-order chi connectivity index (χ1) is 18.1. The van der Waals surface area contributed by atoms with Crippen molar-refractivity contribution in [3.8, 4) is 11.3 Å². The zero-order chi connectivity index (χ0) is 25.0. The van der Waals surface area contributed by atoms with Gasteiger partial charge in [-0.3, -0.25) is 9.59 Å². The Bertz CT molecular complexity index is 1460. The molecule has 5 heterocycles. The Morgan fingerprint density at radius 2 is 1.84 bits per heavy atom. The van der Waals surface area contributed by atoms with Crippen LogP contribution in [0.3, 0.4) is 0 Å². The molecule has 7 rings (SSSR count). The number of amides is 2. The van der Waals surface area contributed by atoms with Crippen molar-refractivity contribution in [2.45, 2.75) is 25.8 Å². The number of piperidine rings is 1. The summed E-state index contributed by atoms with van der Waals surface area (Å²) in [4.78, 5) is 34.1. The van der Waals surface area contributed by atoms with E-state index in [4.69, 9.17) is 4.42 Å². The quantitative estimate of drug-likeness (QED) is 0.430. The van der Waals surface area contributed by atoms with Crippen LogP contribution in [0.25, 0.3) is 22.4 Å². The summed E-state index contributed by atoms with van der Waals surface area (Å²) in [7, 11) is 0. The van der Waals surface area contributed by atoms with Crippen molar-refractivity contribution < 1.29 is 14.0 Å². The van der Waals surface area contributed by atoms with Crippen molar-refractivity contribution >= 4 is 22.9 Å². The number of nitrogens with one attached hydrogen (secondary N) is 2. The molecule has 3 aliphatic rings. The molecule has 2 aromatic carbocycles. The van der Waals surface area contributed by atoms with Crippen LogP contribution in [-0.2, 0) is 13.0 Å². The third-order valence-corrected chi connectivity index (χ3v) is 8.49. The summed E-state index contributed by atoms with van der Waals surface area (Å²) in [5.41, 5.74) is 6.11. The summed E-state index contributed by atoms with van der Waals surface area (Å²) in [6.07, 6.45) is 3.01. The van der Waals surface area contributed by atoms with Gasteiger partial charge in [0.05, 0.1) is 5.52 Å². The number of aromatic nitrogens is 1. The molecule has 2 N–H and O–H groups in total. The lowest BCUT2D eigenvalue weighted by molar-refractivity contribution is 0.0729. The SMILES string of the molecule is O=C(NCC12CCN(CC1)C2)c1cccc2c1CCN(C(=O)c1cc3oc(-c4ccccc4)cc3[nH]1)C2. The summed E-state index contributed by atoms with van der Waals surface area (Å²) in [5, 5.41) is 3.24. The Hall–Kier alpha value is -3.84. The Morgan fingerprint density at radius 1 is 1.00 bits per heavy atom. The predicted octanol–water partition coefficient (Wildman–Crippen LogP) is 4.45. The molecular formula is C30H30N4O3. The fraction of sp³-hybridized carbons (Fsp3) is 0.333. The maximum absolute atomic E-state index is 13.3. The van der Waals surface area contributed by atoms with Crippen molar-refractivity contribution in [3.05, 3.63) is 83.0 Å². The molecule has 2 bridgehead atoms. The van der Waals surface area contributed by atoms with E-state index in [1.165, 1.54) is 12.8 Å². The molecular weight excluding hydrogens is 464 g/mol.